The highest BCUT2D eigenvalue weighted by Crippen LogP contribution is 2.59. The summed E-state index contributed by atoms with van der Waals surface area (Å²) in [5.41, 5.74) is -5.41. The molecule has 0 aromatic heterocycles. The maximum Gasteiger partial charge on any atom is 0.403 e. The third-order valence-electron chi connectivity index (χ3n) is 3.75. The predicted octanol–water partition coefficient (Wildman–Crippen LogP) is 3.16. The molecular weight excluding hydrogens is 261 g/mol. The monoisotopic (exact) mass is 274 g/mol. The van der Waals surface area contributed by atoms with Gasteiger partial charge in [-0.25, -0.2) is 0 Å². The lowest BCUT2D eigenvalue weighted by Crippen LogP contribution is -2.53. The summed E-state index contributed by atoms with van der Waals surface area (Å²) in [6.45, 7) is 1.19. The van der Waals surface area contributed by atoms with E-state index < -0.39 is 54.9 Å². The van der Waals surface area contributed by atoms with Crippen molar-refractivity contribution in [2.75, 3.05) is 0 Å². The van der Waals surface area contributed by atoms with Crippen molar-refractivity contribution < 1.29 is 31.4 Å². The molecular formula is C10H13BF6O. The maximum atomic E-state index is 12.7. The molecule has 0 aromatic carbocycles. The fraction of sp³-hybridized carbons (Fsp3) is 1.00. The van der Waals surface area contributed by atoms with Gasteiger partial charge in [0.2, 0.25) is 0 Å². The van der Waals surface area contributed by atoms with Crippen LogP contribution in [0, 0.1) is 11.3 Å². The quantitative estimate of drug-likeness (QED) is 0.575. The summed E-state index contributed by atoms with van der Waals surface area (Å²) < 4.78 is 76.2. The Balaban J connectivity index is 2.95. The SMILES string of the molecule is [B]C(C)(O)C1CCC(C(F)(F)F)(C(F)(F)F)CC1. The van der Waals surface area contributed by atoms with Crippen LogP contribution in [0.2, 0.25) is 0 Å². The van der Waals surface area contributed by atoms with E-state index in [-0.39, 0.29) is 0 Å². The maximum absolute atomic E-state index is 12.7. The average Bonchev–Trinajstić information content (AvgIpc) is 2.13. The minimum absolute atomic E-state index is 0.400. The Bertz CT molecular complexity index is 279. The van der Waals surface area contributed by atoms with E-state index in [1.54, 1.807) is 0 Å². The van der Waals surface area contributed by atoms with E-state index in [0.717, 1.165) is 0 Å². The average molecular weight is 274 g/mol. The third kappa shape index (κ3) is 2.63. The lowest BCUT2D eigenvalue weighted by molar-refractivity contribution is -0.352. The number of halogens is 6. The van der Waals surface area contributed by atoms with Gasteiger partial charge in [-0.15, -0.1) is 0 Å². The Hall–Kier alpha value is -0.395. The molecule has 1 aliphatic rings. The zero-order chi connectivity index (χ0) is 14.4. The van der Waals surface area contributed by atoms with Crippen LogP contribution in [0.25, 0.3) is 0 Å². The van der Waals surface area contributed by atoms with Crippen LogP contribution in [0.3, 0.4) is 0 Å². The van der Waals surface area contributed by atoms with Crippen molar-refractivity contribution in [2.45, 2.75) is 50.5 Å². The summed E-state index contributed by atoms with van der Waals surface area (Å²) in [5.74, 6) is -0.754. The fourth-order valence-electron chi connectivity index (χ4n) is 2.42. The van der Waals surface area contributed by atoms with Gasteiger partial charge >= 0.3 is 12.4 Å². The molecule has 1 unspecified atom stereocenters. The molecule has 0 spiro atoms. The Morgan fingerprint density at radius 2 is 1.33 bits per heavy atom. The lowest BCUT2D eigenvalue weighted by atomic mass is 9.61. The van der Waals surface area contributed by atoms with Crippen molar-refractivity contribution in [3.8, 4) is 0 Å². The van der Waals surface area contributed by atoms with Crippen LogP contribution in [-0.4, -0.2) is 30.8 Å². The van der Waals surface area contributed by atoms with E-state index in [9.17, 15) is 31.4 Å². The predicted molar refractivity (Wildman–Crippen MR) is 52.9 cm³/mol. The van der Waals surface area contributed by atoms with Gasteiger partial charge < -0.3 is 5.11 Å². The van der Waals surface area contributed by atoms with Crippen LogP contribution in [0.5, 0.6) is 0 Å². The van der Waals surface area contributed by atoms with Gasteiger partial charge in [0, 0.05) is 5.50 Å². The lowest BCUT2D eigenvalue weighted by Gasteiger charge is -2.45. The Labute approximate surface area is 102 Å². The molecule has 0 aromatic rings. The number of hydrogen-bond acceptors (Lipinski definition) is 1. The van der Waals surface area contributed by atoms with Crippen LogP contribution in [0.15, 0.2) is 0 Å². The molecule has 2 radical (unpaired) electrons. The first-order chi connectivity index (χ1) is 7.81. The smallest absolute Gasteiger partial charge is 0.400 e. The van der Waals surface area contributed by atoms with Gasteiger partial charge in [-0.1, -0.05) is 0 Å². The molecule has 0 bridgehead atoms. The van der Waals surface area contributed by atoms with Crippen molar-refractivity contribution in [3.63, 3.8) is 0 Å². The topological polar surface area (TPSA) is 20.2 Å². The minimum Gasteiger partial charge on any atom is -0.400 e. The Morgan fingerprint density at radius 1 is 1.00 bits per heavy atom. The molecule has 18 heavy (non-hydrogen) atoms. The van der Waals surface area contributed by atoms with Gasteiger partial charge in [-0.05, 0) is 38.5 Å². The van der Waals surface area contributed by atoms with E-state index in [4.69, 9.17) is 7.85 Å². The van der Waals surface area contributed by atoms with Gasteiger partial charge in [0.25, 0.3) is 0 Å². The van der Waals surface area contributed by atoms with Crippen molar-refractivity contribution in [1.29, 1.82) is 0 Å². The molecule has 0 saturated heterocycles. The second kappa shape index (κ2) is 4.32. The number of aliphatic hydroxyl groups is 1. The van der Waals surface area contributed by atoms with Crippen LogP contribution in [0.4, 0.5) is 26.3 Å². The molecule has 8 heteroatoms. The fourth-order valence-corrected chi connectivity index (χ4v) is 2.42. The molecule has 1 N–H and O–H groups in total. The Kier molecular flexibility index (Phi) is 3.76. The molecule has 0 amide bonds. The highest BCUT2D eigenvalue weighted by atomic mass is 19.4. The van der Waals surface area contributed by atoms with Gasteiger partial charge in [-0.3, -0.25) is 0 Å². The van der Waals surface area contributed by atoms with Crippen molar-refractivity contribution >= 4 is 7.85 Å². The molecule has 0 aliphatic heterocycles. The minimum atomic E-state index is -5.34. The van der Waals surface area contributed by atoms with Crippen molar-refractivity contribution in [2.24, 2.45) is 11.3 Å². The Morgan fingerprint density at radius 3 is 1.56 bits per heavy atom. The first-order valence-electron chi connectivity index (χ1n) is 5.46. The summed E-state index contributed by atoms with van der Waals surface area (Å²) in [6.07, 6.45) is -13.6. The zero-order valence-electron chi connectivity index (χ0n) is 9.70. The van der Waals surface area contributed by atoms with Crippen molar-refractivity contribution in [1.82, 2.24) is 0 Å². The molecule has 0 heterocycles. The first-order valence-corrected chi connectivity index (χ1v) is 5.46. The molecule has 1 fully saturated rings. The van der Waals surface area contributed by atoms with Crippen LogP contribution in [0.1, 0.15) is 32.6 Å². The normalized spacial score (nSPS) is 25.8. The van der Waals surface area contributed by atoms with Gasteiger partial charge in [0.05, 0.1) is 0 Å². The van der Waals surface area contributed by atoms with Crippen LogP contribution >= 0.6 is 0 Å². The van der Waals surface area contributed by atoms with Crippen molar-refractivity contribution in [3.05, 3.63) is 0 Å². The highest BCUT2D eigenvalue weighted by Gasteiger charge is 2.70. The summed E-state index contributed by atoms with van der Waals surface area (Å²) >= 11 is 0. The van der Waals surface area contributed by atoms with Gasteiger partial charge in [-0.2, -0.15) is 26.3 Å². The van der Waals surface area contributed by atoms with E-state index in [2.05, 4.69) is 0 Å². The summed E-state index contributed by atoms with van der Waals surface area (Å²) in [5, 5.41) is 9.43. The van der Waals surface area contributed by atoms with E-state index in [0.29, 0.717) is 0 Å². The standard InChI is InChI=1S/C10H13BF6O/c1-7(11,18)6-2-4-8(5-3-6,9(12,13)14)10(15,16)17/h6,18H,2-5H2,1H3. The van der Waals surface area contributed by atoms with Crippen LogP contribution in [-0.2, 0) is 0 Å². The molecule has 104 valence electrons. The largest absolute Gasteiger partial charge is 0.403 e. The van der Waals surface area contributed by atoms with Gasteiger partial charge in [0.15, 0.2) is 5.41 Å². The zero-order valence-corrected chi connectivity index (χ0v) is 9.70. The number of rotatable bonds is 1. The number of alkyl halides is 6. The molecule has 1 aliphatic carbocycles. The van der Waals surface area contributed by atoms with Crippen LogP contribution < -0.4 is 0 Å². The first kappa shape index (κ1) is 15.7. The summed E-state index contributed by atoms with van der Waals surface area (Å²) in [6, 6.07) is 0. The summed E-state index contributed by atoms with van der Waals surface area (Å²) in [7, 11) is 5.31. The molecule has 1 nitrogen and oxygen atoms in total. The number of hydrogen-bond donors (Lipinski definition) is 1. The highest BCUT2D eigenvalue weighted by molar-refractivity contribution is 6.14. The molecule has 1 rings (SSSR count). The second-order valence-electron chi connectivity index (χ2n) is 5.08. The van der Waals surface area contributed by atoms with E-state index in [1.807, 2.05) is 0 Å². The van der Waals surface area contributed by atoms with E-state index in [1.165, 1.54) is 6.92 Å². The summed E-state index contributed by atoms with van der Waals surface area (Å²) in [4.78, 5) is 0. The third-order valence-corrected chi connectivity index (χ3v) is 3.75. The van der Waals surface area contributed by atoms with E-state index >= 15 is 0 Å². The molecule has 1 atom stereocenters. The molecule has 1 saturated carbocycles. The van der Waals surface area contributed by atoms with Gasteiger partial charge in [0.1, 0.15) is 7.85 Å². The second-order valence-corrected chi connectivity index (χ2v) is 5.08.